The van der Waals surface area contributed by atoms with E-state index in [2.05, 4.69) is 20.6 Å². The lowest BCUT2D eigenvalue weighted by atomic mass is 10.2. The van der Waals surface area contributed by atoms with Crippen LogP contribution in [0.25, 0.3) is 0 Å². The highest BCUT2D eigenvalue weighted by atomic mass is 16.5. The van der Waals surface area contributed by atoms with E-state index in [0.717, 1.165) is 5.69 Å². The van der Waals surface area contributed by atoms with Gasteiger partial charge in [0.25, 0.3) is 5.91 Å². The van der Waals surface area contributed by atoms with Gasteiger partial charge in [0.15, 0.2) is 0 Å². The summed E-state index contributed by atoms with van der Waals surface area (Å²) >= 11 is 0. The van der Waals surface area contributed by atoms with Crippen molar-refractivity contribution in [2.45, 2.75) is 6.92 Å². The maximum absolute atomic E-state index is 12.3. The number of hydrogen-bond acceptors (Lipinski definition) is 6. The smallest absolute Gasteiger partial charge is 0.257 e. The van der Waals surface area contributed by atoms with E-state index in [1.54, 1.807) is 29.2 Å². The molecule has 2 aromatic rings. The van der Waals surface area contributed by atoms with Crippen LogP contribution in [0, 0.1) is 0 Å². The fourth-order valence-electron chi connectivity index (χ4n) is 2.42. The maximum atomic E-state index is 12.3. The van der Waals surface area contributed by atoms with E-state index in [1.165, 1.54) is 19.3 Å². The van der Waals surface area contributed by atoms with Crippen LogP contribution in [-0.2, 0) is 9.53 Å². The van der Waals surface area contributed by atoms with Gasteiger partial charge in [0, 0.05) is 43.8 Å². The molecule has 8 heteroatoms. The number of amides is 2. The van der Waals surface area contributed by atoms with Crippen LogP contribution in [0.1, 0.15) is 17.3 Å². The summed E-state index contributed by atoms with van der Waals surface area (Å²) in [6.45, 7) is 3.74. The minimum Gasteiger partial charge on any atom is -0.378 e. The average Bonchev–Trinajstić information content (AvgIpc) is 2.64. The Morgan fingerprint density at radius 1 is 1.04 bits per heavy atom. The average molecular weight is 341 g/mol. The van der Waals surface area contributed by atoms with Crippen molar-refractivity contribution in [3.05, 3.63) is 42.2 Å². The number of morpholine rings is 1. The number of aromatic nitrogens is 2. The van der Waals surface area contributed by atoms with Gasteiger partial charge < -0.3 is 20.3 Å². The Hall–Kier alpha value is -3.00. The maximum Gasteiger partial charge on any atom is 0.257 e. The van der Waals surface area contributed by atoms with Gasteiger partial charge in [0.05, 0.1) is 18.8 Å². The molecule has 1 aromatic carbocycles. The molecule has 0 spiro atoms. The third-order valence-corrected chi connectivity index (χ3v) is 3.66. The van der Waals surface area contributed by atoms with E-state index in [4.69, 9.17) is 4.74 Å². The lowest BCUT2D eigenvalue weighted by Crippen LogP contribution is -2.40. The number of nitrogens with one attached hydrogen (secondary N) is 2. The number of ether oxygens (including phenoxy) is 1. The Bertz CT molecular complexity index is 740. The van der Waals surface area contributed by atoms with Crippen LogP contribution in [-0.4, -0.2) is 53.0 Å². The van der Waals surface area contributed by atoms with Gasteiger partial charge >= 0.3 is 0 Å². The molecule has 1 aliphatic heterocycles. The molecule has 0 atom stereocenters. The summed E-state index contributed by atoms with van der Waals surface area (Å²) in [7, 11) is 0. The number of rotatable bonds is 4. The molecule has 2 N–H and O–H groups in total. The summed E-state index contributed by atoms with van der Waals surface area (Å²) < 4.78 is 5.24. The van der Waals surface area contributed by atoms with Gasteiger partial charge in [-0.3, -0.25) is 9.59 Å². The first-order valence-corrected chi connectivity index (χ1v) is 7.95. The van der Waals surface area contributed by atoms with Crippen LogP contribution >= 0.6 is 0 Å². The van der Waals surface area contributed by atoms with Crippen LogP contribution in [0.2, 0.25) is 0 Å². The summed E-state index contributed by atoms with van der Waals surface area (Å²) in [5.41, 5.74) is 1.94. The lowest BCUT2D eigenvalue weighted by molar-refractivity contribution is -0.114. The Morgan fingerprint density at radius 2 is 1.64 bits per heavy atom. The standard InChI is InChI=1S/C17H19N5O3/c1-12(23)20-14-2-4-15(5-3-14)21-17-18-10-13(11-19-17)16(24)22-6-8-25-9-7-22/h2-5,10-11H,6-9H2,1H3,(H,20,23)(H,18,19,21). The second-order valence-electron chi connectivity index (χ2n) is 5.58. The Morgan fingerprint density at radius 3 is 2.24 bits per heavy atom. The SMILES string of the molecule is CC(=O)Nc1ccc(Nc2ncc(C(=O)N3CCOCC3)cn2)cc1. The largest absolute Gasteiger partial charge is 0.378 e. The van der Waals surface area contributed by atoms with Crippen LogP contribution in [0.3, 0.4) is 0 Å². The summed E-state index contributed by atoms with van der Waals surface area (Å²) in [5.74, 6) is 0.185. The van der Waals surface area contributed by atoms with Gasteiger partial charge in [-0.1, -0.05) is 0 Å². The molecule has 0 unspecified atom stereocenters. The van der Waals surface area contributed by atoms with E-state index in [9.17, 15) is 9.59 Å². The molecule has 1 aromatic heterocycles. The van der Waals surface area contributed by atoms with E-state index in [-0.39, 0.29) is 11.8 Å². The predicted molar refractivity (Wildman–Crippen MR) is 92.8 cm³/mol. The zero-order valence-corrected chi connectivity index (χ0v) is 13.9. The monoisotopic (exact) mass is 341 g/mol. The van der Waals surface area contributed by atoms with Crippen molar-refractivity contribution in [2.24, 2.45) is 0 Å². The fourth-order valence-corrected chi connectivity index (χ4v) is 2.42. The molecule has 0 aliphatic carbocycles. The highest BCUT2D eigenvalue weighted by Crippen LogP contribution is 2.17. The zero-order valence-electron chi connectivity index (χ0n) is 13.9. The van der Waals surface area contributed by atoms with Crippen molar-refractivity contribution in [1.29, 1.82) is 0 Å². The molecule has 130 valence electrons. The van der Waals surface area contributed by atoms with Gasteiger partial charge in [-0.2, -0.15) is 0 Å². The van der Waals surface area contributed by atoms with Crippen molar-refractivity contribution >= 4 is 29.1 Å². The van der Waals surface area contributed by atoms with E-state index < -0.39 is 0 Å². The first-order valence-electron chi connectivity index (χ1n) is 7.95. The second-order valence-corrected chi connectivity index (χ2v) is 5.58. The minimum atomic E-state index is -0.121. The minimum absolute atomic E-state index is 0.0884. The molecule has 1 fully saturated rings. The zero-order chi connectivity index (χ0) is 17.6. The first kappa shape index (κ1) is 16.8. The number of carbonyl (C=O) groups is 2. The molecular formula is C17H19N5O3. The van der Waals surface area contributed by atoms with Crippen LogP contribution in [0.4, 0.5) is 17.3 Å². The highest BCUT2D eigenvalue weighted by molar-refractivity contribution is 5.93. The summed E-state index contributed by atoms with van der Waals surface area (Å²) in [4.78, 5) is 33.4. The van der Waals surface area contributed by atoms with Gasteiger partial charge in [-0.05, 0) is 24.3 Å². The molecule has 0 saturated carbocycles. The Kier molecular flexibility index (Phi) is 5.20. The summed E-state index contributed by atoms with van der Waals surface area (Å²) in [5, 5.41) is 5.75. The molecule has 2 heterocycles. The van der Waals surface area contributed by atoms with Crippen molar-refractivity contribution < 1.29 is 14.3 Å². The number of nitrogens with zero attached hydrogens (tertiary/aromatic N) is 3. The predicted octanol–water partition coefficient (Wildman–Crippen LogP) is 1.65. The fraction of sp³-hybridized carbons (Fsp3) is 0.294. The van der Waals surface area contributed by atoms with Gasteiger partial charge in [0.1, 0.15) is 0 Å². The van der Waals surface area contributed by atoms with Crippen LogP contribution < -0.4 is 10.6 Å². The molecule has 0 radical (unpaired) electrons. The van der Waals surface area contributed by atoms with E-state index in [1.807, 2.05) is 0 Å². The van der Waals surface area contributed by atoms with Crippen molar-refractivity contribution in [2.75, 3.05) is 36.9 Å². The molecule has 3 rings (SSSR count). The molecule has 25 heavy (non-hydrogen) atoms. The number of anilines is 3. The van der Waals surface area contributed by atoms with Crippen LogP contribution in [0.15, 0.2) is 36.7 Å². The number of carbonyl (C=O) groups excluding carboxylic acids is 2. The van der Waals surface area contributed by atoms with Gasteiger partial charge in [0.2, 0.25) is 11.9 Å². The highest BCUT2D eigenvalue weighted by Gasteiger charge is 2.19. The van der Waals surface area contributed by atoms with E-state index >= 15 is 0 Å². The van der Waals surface area contributed by atoms with Gasteiger partial charge in [-0.15, -0.1) is 0 Å². The third-order valence-electron chi connectivity index (χ3n) is 3.66. The van der Waals surface area contributed by atoms with Crippen LogP contribution in [0.5, 0.6) is 0 Å². The van der Waals surface area contributed by atoms with E-state index in [0.29, 0.717) is 43.5 Å². The Labute approximate surface area is 145 Å². The molecule has 8 nitrogen and oxygen atoms in total. The molecule has 0 bridgehead atoms. The third kappa shape index (κ3) is 4.51. The molecular weight excluding hydrogens is 322 g/mol. The topological polar surface area (TPSA) is 96.5 Å². The first-order chi connectivity index (χ1) is 12.1. The molecule has 1 aliphatic rings. The molecule has 2 amide bonds. The van der Waals surface area contributed by atoms with Crippen molar-refractivity contribution in [3.63, 3.8) is 0 Å². The number of benzene rings is 1. The van der Waals surface area contributed by atoms with Gasteiger partial charge in [-0.25, -0.2) is 9.97 Å². The molecule has 1 saturated heterocycles. The van der Waals surface area contributed by atoms with Crippen molar-refractivity contribution in [1.82, 2.24) is 14.9 Å². The summed E-state index contributed by atoms with van der Waals surface area (Å²) in [6, 6.07) is 7.17. The summed E-state index contributed by atoms with van der Waals surface area (Å²) in [6.07, 6.45) is 3.03. The number of hydrogen-bond donors (Lipinski definition) is 2. The normalized spacial score (nSPS) is 14.0. The van der Waals surface area contributed by atoms with Crippen molar-refractivity contribution in [3.8, 4) is 0 Å². The Balaban J connectivity index is 1.62. The quantitative estimate of drug-likeness (QED) is 0.878. The second kappa shape index (κ2) is 7.71. The lowest BCUT2D eigenvalue weighted by Gasteiger charge is -2.26.